The minimum absolute atomic E-state index is 0.0291. The molecule has 122 valence electrons. The number of sulfonamides is 1. The maximum absolute atomic E-state index is 12.4. The van der Waals surface area contributed by atoms with Gasteiger partial charge in [-0.25, -0.2) is 17.5 Å². The van der Waals surface area contributed by atoms with Crippen molar-refractivity contribution >= 4 is 38.1 Å². The highest BCUT2D eigenvalue weighted by molar-refractivity contribution is 7.92. The van der Waals surface area contributed by atoms with Crippen LogP contribution in [0.5, 0.6) is 0 Å². The number of hydrogen-bond acceptors (Lipinski definition) is 3. The fraction of sp³-hybridized carbons (Fsp3) is 0.0556. The average molecular weight is 341 g/mol. The molecule has 0 heterocycles. The number of aromatic carboxylic acids is 1. The largest absolute Gasteiger partial charge is 0.478 e. The van der Waals surface area contributed by atoms with Gasteiger partial charge in [-0.15, -0.1) is 0 Å². The van der Waals surface area contributed by atoms with Gasteiger partial charge in [0.25, 0.3) is 0 Å². The van der Waals surface area contributed by atoms with E-state index in [1.165, 1.54) is 22.5 Å². The summed E-state index contributed by atoms with van der Waals surface area (Å²) in [7, 11) is -3.66. The molecule has 0 radical (unpaired) electrons. The Morgan fingerprint density at radius 3 is 2.33 bits per heavy atom. The van der Waals surface area contributed by atoms with Crippen LogP contribution in [0.2, 0.25) is 0 Å². The fourth-order valence-electron chi connectivity index (χ4n) is 2.66. The van der Waals surface area contributed by atoms with Crippen molar-refractivity contribution < 1.29 is 18.3 Å². The third-order valence-electron chi connectivity index (χ3n) is 3.64. The molecule has 3 aromatic carbocycles. The van der Waals surface area contributed by atoms with Gasteiger partial charge in [0.05, 0.1) is 23.2 Å². The summed E-state index contributed by atoms with van der Waals surface area (Å²) < 4.78 is 26.0. The fourth-order valence-corrected chi connectivity index (χ4v) is 3.67. The van der Waals surface area contributed by atoms with E-state index in [0.29, 0.717) is 5.69 Å². The third kappa shape index (κ3) is 2.96. The summed E-state index contributed by atoms with van der Waals surface area (Å²) >= 11 is 0. The Balaban J connectivity index is 2.29. The lowest BCUT2D eigenvalue weighted by atomic mass is 10.1. The first kappa shape index (κ1) is 16.0. The van der Waals surface area contributed by atoms with Crippen molar-refractivity contribution in [1.82, 2.24) is 0 Å². The van der Waals surface area contributed by atoms with Crippen LogP contribution in [0.25, 0.3) is 10.8 Å². The van der Waals surface area contributed by atoms with Crippen LogP contribution >= 0.6 is 0 Å². The average Bonchev–Trinajstić information content (AvgIpc) is 2.54. The van der Waals surface area contributed by atoms with E-state index in [0.717, 1.165) is 17.0 Å². The SMILES string of the molecule is CS(=O)(=O)N(c1cccc(C(=O)O)c1)c1cccc2ccccc12. The van der Waals surface area contributed by atoms with Gasteiger partial charge >= 0.3 is 5.97 Å². The van der Waals surface area contributed by atoms with Gasteiger partial charge in [0.1, 0.15) is 0 Å². The maximum Gasteiger partial charge on any atom is 0.335 e. The molecule has 0 spiro atoms. The smallest absolute Gasteiger partial charge is 0.335 e. The van der Waals surface area contributed by atoms with Gasteiger partial charge in [0, 0.05) is 5.39 Å². The van der Waals surface area contributed by atoms with Crippen LogP contribution in [-0.4, -0.2) is 25.7 Å². The van der Waals surface area contributed by atoms with Crippen LogP contribution in [0.3, 0.4) is 0 Å². The summed E-state index contributed by atoms with van der Waals surface area (Å²) in [6, 6.07) is 18.7. The lowest BCUT2D eigenvalue weighted by Gasteiger charge is -2.24. The number of fused-ring (bicyclic) bond motifs is 1. The minimum atomic E-state index is -3.66. The molecule has 0 saturated carbocycles. The van der Waals surface area contributed by atoms with E-state index in [1.807, 2.05) is 30.3 Å². The second-order valence-corrected chi connectivity index (χ2v) is 7.21. The standard InChI is InChI=1S/C18H15NO4S/c1-24(22,23)19(15-9-4-8-14(12-15)18(20)21)17-11-5-7-13-6-2-3-10-16(13)17/h2-12H,1H3,(H,20,21). The zero-order valence-electron chi connectivity index (χ0n) is 12.9. The molecule has 0 atom stereocenters. The lowest BCUT2D eigenvalue weighted by Crippen LogP contribution is -2.25. The summed E-state index contributed by atoms with van der Waals surface area (Å²) in [5.41, 5.74) is 0.799. The highest BCUT2D eigenvalue weighted by atomic mass is 32.2. The van der Waals surface area contributed by atoms with Crippen LogP contribution in [-0.2, 0) is 10.0 Å². The number of carboxylic acids is 1. The van der Waals surface area contributed by atoms with Crippen molar-refractivity contribution in [1.29, 1.82) is 0 Å². The van der Waals surface area contributed by atoms with Crippen molar-refractivity contribution in [3.05, 3.63) is 72.3 Å². The van der Waals surface area contributed by atoms with E-state index >= 15 is 0 Å². The second-order valence-electron chi connectivity index (χ2n) is 5.38. The van der Waals surface area contributed by atoms with Crippen LogP contribution in [0, 0.1) is 0 Å². The van der Waals surface area contributed by atoms with E-state index in [-0.39, 0.29) is 11.3 Å². The van der Waals surface area contributed by atoms with Crippen molar-refractivity contribution in [3.8, 4) is 0 Å². The van der Waals surface area contributed by atoms with Gasteiger partial charge in [0.2, 0.25) is 10.0 Å². The summed E-state index contributed by atoms with van der Waals surface area (Å²) in [4.78, 5) is 11.2. The number of nitrogens with zero attached hydrogens (tertiary/aromatic N) is 1. The summed E-state index contributed by atoms with van der Waals surface area (Å²) in [6.45, 7) is 0. The molecule has 5 nitrogen and oxygen atoms in total. The first-order chi connectivity index (χ1) is 11.4. The zero-order valence-corrected chi connectivity index (χ0v) is 13.7. The highest BCUT2D eigenvalue weighted by Crippen LogP contribution is 2.34. The molecular formula is C18H15NO4S. The first-order valence-corrected chi connectivity index (χ1v) is 9.04. The molecule has 3 rings (SSSR count). The van der Waals surface area contributed by atoms with Crippen molar-refractivity contribution in [2.24, 2.45) is 0 Å². The quantitative estimate of drug-likeness (QED) is 0.786. The third-order valence-corrected chi connectivity index (χ3v) is 4.72. The Labute approximate surface area is 139 Å². The topological polar surface area (TPSA) is 74.7 Å². The Morgan fingerprint density at radius 1 is 0.958 bits per heavy atom. The Morgan fingerprint density at radius 2 is 1.62 bits per heavy atom. The van der Waals surface area contributed by atoms with E-state index in [9.17, 15) is 13.2 Å². The molecule has 0 aromatic heterocycles. The van der Waals surface area contributed by atoms with Gasteiger partial charge in [-0.2, -0.15) is 0 Å². The van der Waals surface area contributed by atoms with Gasteiger partial charge in [-0.3, -0.25) is 0 Å². The van der Waals surface area contributed by atoms with Gasteiger partial charge in [-0.05, 0) is 29.7 Å². The Bertz CT molecular complexity index is 1020. The van der Waals surface area contributed by atoms with Gasteiger partial charge in [-0.1, -0.05) is 42.5 Å². The first-order valence-electron chi connectivity index (χ1n) is 7.19. The van der Waals surface area contributed by atoms with Crippen molar-refractivity contribution in [3.63, 3.8) is 0 Å². The number of hydrogen-bond donors (Lipinski definition) is 1. The Kier molecular flexibility index (Phi) is 3.99. The summed E-state index contributed by atoms with van der Waals surface area (Å²) in [5, 5.41) is 10.8. The number of anilines is 2. The summed E-state index contributed by atoms with van der Waals surface area (Å²) in [5.74, 6) is -1.11. The lowest BCUT2D eigenvalue weighted by molar-refractivity contribution is 0.0697. The molecule has 6 heteroatoms. The van der Waals surface area contributed by atoms with Gasteiger partial charge < -0.3 is 5.11 Å². The van der Waals surface area contributed by atoms with E-state index in [1.54, 1.807) is 18.2 Å². The van der Waals surface area contributed by atoms with Crippen LogP contribution in [0.4, 0.5) is 11.4 Å². The van der Waals surface area contributed by atoms with Crippen LogP contribution in [0.15, 0.2) is 66.7 Å². The van der Waals surface area contributed by atoms with Crippen molar-refractivity contribution in [2.75, 3.05) is 10.6 Å². The van der Waals surface area contributed by atoms with E-state index in [2.05, 4.69) is 0 Å². The summed E-state index contributed by atoms with van der Waals surface area (Å²) in [6.07, 6.45) is 1.10. The molecule has 0 aliphatic rings. The maximum atomic E-state index is 12.4. The molecule has 24 heavy (non-hydrogen) atoms. The monoisotopic (exact) mass is 341 g/mol. The molecule has 0 bridgehead atoms. The molecule has 1 N–H and O–H groups in total. The van der Waals surface area contributed by atoms with Gasteiger partial charge in [0.15, 0.2) is 0 Å². The number of rotatable bonds is 4. The minimum Gasteiger partial charge on any atom is -0.478 e. The Hall–Kier alpha value is -2.86. The molecule has 0 aliphatic heterocycles. The van der Waals surface area contributed by atoms with Crippen LogP contribution < -0.4 is 4.31 Å². The number of carbonyl (C=O) groups is 1. The molecule has 0 aliphatic carbocycles. The molecule has 0 unspecified atom stereocenters. The zero-order chi connectivity index (χ0) is 17.3. The second kappa shape index (κ2) is 5.98. The molecule has 3 aromatic rings. The molecule has 0 fully saturated rings. The number of carboxylic acid groups (broad SMARTS) is 1. The normalized spacial score (nSPS) is 11.4. The number of benzene rings is 3. The molecule has 0 amide bonds. The van der Waals surface area contributed by atoms with Crippen LogP contribution in [0.1, 0.15) is 10.4 Å². The predicted molar refractivity (Wildman–Crippen MR) is 94.3 cm³/mol. The van der Waals surface area contributed by atoms with E-state index in [4.69, 9.17) is 5.11 Å². The van der Waals surface area contributed by atoms with Crippen molar-refractivity contribution in [2.45, 2.75) is 0 Å². The highest BCUT2D eigenvalue weighted by Gasteiger charge is 2.22. The molecular weight excluding hydrogens is 326 g/mol. The van der Waals surface area contributed by atoms with E-state index < -0.39 is 16.0 Å². The molecule has 0 saturated heterocycles. The predicted octanol–water partition coefficient (Wildman–Crippen LogP) is 3.64.